The number of carbonyl (C=O) groups is 1. The summed E-state index contributed by atoms with van der Waals surface area (Å²) < 4.78 is 342. The van der Waals surface area contributed by atoms with Crippen LogP contribution in [0.3, 0.4) is 0 Å². The van der Waals surface area contributed by atoms with Crippen LogP contribution in [0, 0.1) is 105 Å². The Kier molecular flexibility index (Phi) is 40.3. The van der Waals surface area contributed by atoms with Crippen molar-refractivity contribution in [1.29, 1.82) is 0 Å². The van der Waals surface area contributed by atoms with Crippen LogP contribution in [-0.2, 0) is 75.8 Å². The smallest absolute Gasteiger partial charge is 0.437 e. The van der Waals surface area contributed by atoms with Crippen molar-refractivity contribution in [1.82, 2.24) is 4.31 Å². The minimum absolute atomic E-state index is 0.0208. The lowest BCUT2D eigenvalue weighted by atomic mass is 9.49. The molecule has 22 nitrogen and oxygen atoms in total. The number of hydrogen-bond acceptors (Lipinski definition) is 19. The third-order valence-corrected chi connectivity index (χ3v) is 36.4. The van der Waals surface area contributed by atoms with E-state index in [1.165, 1.54) is 171 Å². The van der Waals surface area contributed by atoms with Gasteiger partial charge in [0.15, 0.2) is 45.8 Å². The van der Waals surface area contributed by atoms with Crippen LogP contribution in [0.2, 0.25) is 0 Å². The average molecular weight is 2110 g/mol. The number of unbranched alkanes of at least 4 members (excludes halogenated alkanes) is 9. The van der Waals surface area contributed by atoms with Crippen LogP contribution in [0.25, 0.3) is 0 Å². The van der Waals surface area contributed by atoms with Crippen LogP contribution in [0.1, 0.15) is 313 Å². The molecule has 42 heteroatoms. The normalized spacial score (nSPS) is 27.4. The molecule has 0 amide bonds. The molecule has 4 N–H and O–H groups in total. The number of ether oxygens (including phenoxy) is 3. The zero-order chi connectivity index (χ0) is 101. The molecular weight excluding hydrogens is 1980 g/mol. The Balaban J connectivity index is 0.000000169. The summed E-state index contributed by atoms with van der Waals surface area (Å²) in [4.78, 5) is 9.12. The number of hydrogen-bond donors (Lipinski definition) is 5. The second kappa shape index (κ2) is 48.4. The Morgan fingerprint density at radius 3 is 1.35 bits per heavy atom. The fourth-order valence-electron chi connectivity index (χ4n) is 24.6. The SMILES string of the molecule is CC(C)c1cc(C(C)C)cc(C2CCCCC2)c1.CCCCCCCCCCCCSc1c(F)c(F)c(S(=O)(=O)O)c(F)c1F.O=C(OCC(F)(F)S(=O)(=O)O)C12CC3CC(CC(C3)C1)C2.O=S(=O)(O)c1ccc(OCC23CC4CC(CC(C4)C2)C3)cc1.O=S(=O)(O)c1ccccc1OCC12CC3CC(CC(C3)C1)C2.O=S(=O)=O.O=S(N1CCC2CCCCC2C1)C(F)(F)C(F)(F)C(F)(F)OS. The van der Waals surface area contributed by atoms with Crippen molar-refractivity contribution in [2.75, 3.05) is 38.7 Å². The van der Waals surface area contributed by atoms with Crippen molar-refractivity contribution >= 4 is 92.7 Å². The molecular formula is C95H133F12NO21S8. The topological polar surface area (TPSA) is 343 Å². The summed E-state index contributed by atoms with van der Waals surface area (Å²) in [5.41, 5.74) is 4.52. The predicted octanol–water partition coefficient (Wildman–Crippen LogP) is 24.6. The first-order valence-corrected chi connectivity index (χ1v) is 57.2. The highest BCUT2D eigenvalue weighted by atomic mass is 32.2. The Labute approximate surface area is 812 Å². The van der Waals surface area contributed by atoms with Gasteiger partial charge in [-0.1, -0.05) is 161 Å². The summed E-state index contributed by atoms with van der Waals surface area (Å²) in [6.07, 6.45) is 37.5. The maximum Gasteiger partial charge on any atom is 0.437 e. The third-order valence-electron chi connectivity index (χ3n) is 30.0. The molecule has 14 aliphatic carbocycles. The van der Waals surface area contributed by atoms with Gasteiger partial charge in [-0.05, 0) is 302 Å². The standard InChI is InChI=1S/C18H26F4O3S2.C18H28.2C17H22O4S.C13H18F2O5S.C12H17F6NO2S2.O3S/c1-2-3-4-5-6-7-8-9-10-11-12-26-17-13(19)15(21)18(27(23,24)25)16(22)14(17)20;1-13(2)16-10-17(14(3)4)12-18(11-16)15-8-6-5-7-9-15;18-22(19,20)16-3-1-15(2-4-16)21-11-17-8-12-5-13(9-17)7-14(6-12)10-17;18-22(19,20)16-4-2-1-3-15(16)21-11-17-8-12-5-13(9-17)7-14(6-12)10-17;14-13(15,21(17,18)19)7-20-11(16)12-4-8-1-9(5-12)3-10(2-8)6-12;13-10(14,11(15,16)21-22)12(17,18)23(20)19-6-5-8-3-1-2-4-9(8)7-19;1-4(2)3/h2-12H2,1H3,(H,23,24,25);10-15H,5-9H2,1-4H3;2*1-4,12-14H,5-11H2,(H,18,19,20);8-10H,1-7H2,(H,17,18,19);8-9,22H,1-7H2;. The van der Waals surface area contributed by atoms with Crippen LogP contribution < -0.4 is 9.47 Å². The molecule has 15 aliphatic rings. The Morgan fingerprint density at radius 2 is 0.934 bits per heavy atom. The fourth-order valence-corrected chi connectivity index (χ4v) is 28.9. The van der Waals surface area contributed by atoms with E-state index >= 15 is 0 Å². The number of esters is 1. The summed E-state index contributed by atoms with van der Waals surface area (Å²) in [5, 5.41) is -9.92. The van der Waals surface area contributed by atoms with Gasteiger partial charge in [-0.3, -0.25) is 23.0 Å². The second-order valence-electron chi connectivity index (χ2n) is 41.3. The highest BCUT2D eigenvalue weighted by Gasteiger charge is 2.77. The summed E-state index contributed by atoms with van der Waals surface area (Å²) in [5.74, 6) is -4.36. The van der Waals surface area contributed by atoms with Crippen molar-refractivity contribution in [2.45, 2.75) is 338 Å². The number of thioether (sulfide) groups is 1. The quantitative estimate of drug-likeness (QED) is 0.00432. The number of halogens is 12. The molecule has 137 heavy (non-hydrogen) atoms. The van der Waals surface area contributed by atoms with Gasteiger partial charge in [-0.15, -0.1) is 24.4 Å². The predicted molar refractivity (Wildman–Crippen MR) is 496 cm³/mol. The maximum atomic E-state index is 13.9. The van der Waals surface area contributed by atoms with Gasteiger partial charge in [-0.25, -0.2) is 30.3 Å². The van der Waals surface area contributed by atoms with Gasteiger partial charge in [0, 0.05) is 23.9 Å². The van der Waals surface area contributed by atoms with Gasteiger partial charge in [0.1, 0.15) is 16.4 Å². The summed E-state index contributed by atoms with van der Waals surface area (Å²) in [7, 11) is -26.0. The van der Waals surface area contributed by atoms with Crippen molar-refractivity contribution in [3.8, 4) is 11.5 Å². The Morgan fingerprint density at radius 1 is 0.518 bits per heavy atom. The minimum Gasteiger partial charge on any atom is -0.493 e. The van der Waals surface area contributed by atoms with E-state index in [9.17, 15) is 99.9 Å². The molecule has 12 bridgehead atoms. The molecule has 776 valence electrons. The number of rotatable bonds is 33. The fraction of sp³-hybridized carbons (Fsp3) is 0.737. The number of piperidine rings is 1. The highest BCUT2D eigenvalue weighted by Crippen LogP contribution is 2.64. The van der Waals surface area contributed by atoms with Crippen molar-refractivity contribution in [3.63, 3.8) is 0 Å². The maximum absolute atomic E-state index is 13.9. The lowest BCUT2D eigenvalue weighted by molar-refractivity contribution is -0.347. The molecule has 15 fully saturated rings. The van der Waals surface area contributed by atoms with E-state index in [1.54, 1.807) is 35.9 Å². The summed E-state index contributed by atoms with van der Waals surface area (Å²) >= 11 is 3.10. The molecule has 1 heterocycles. The molecule has 4 aromatic rings. The molecule has 3 unspecified atom stereocenters. The van der Waals surface area contributed by atoms with E-state index in [4.69, 9.17) is 35.8 Å². The molecule has 19 rings (SSSR count). The highest BCUT2D eigenvalue weighted by molar-refractivity contribution is 7.99. The van der Waals surface area contributed by atoms with Crippen LogP contribution >= 0.6 is 24.7 Å². The van der Waals surface area contributed by atoms with Gasteiger partial charge in [-0.2, -0.15) is 68.8 Å². The van der Waals surface area contributed by atoms with Crippen molar-refractivity contribution < 1.29 is 145 Å². The number of carbonyl (C=O) groups excluding carboxylic acids is 1. The largest absolute Gasteiger partial charge is 0.493 e. The number of thiol groups is 1. The second-order valence-corrected chi connectivity index (χ2v) is 50.2. The van der Waals surface area contributed by atoms with Crippen LogP contribution in [0.4, 0.5) is 52.7 Å². The first kappa shape index (κ1) is 114. The zero-order valence-corrected chi connectivity index (χ0v) is 84.7. The van der Waals surface area contributed by atoms with E-state index in [-0.39, 0.29) is 51.6 Å². The van der Waals surface area contributed by atoms with Crippen molar-refractivity contribution in [2.24, 2.45) is 81.3 Å². The first-order chi connectivity index (χ1) is 64.0. The number of para-hydroxylation sites is 1. The van der Waals surface area contributed by atoms with E-state index in [2.05, 4.69) is 74.6 Å². The summed E-state index contributed by atoms with van der Waals surface area (Å²) in [6, 6.07) is 19.8. The number of benzene rings is 4. The van der Waals surface area contributed by atoms with Crippen molar-refractivity contribution in [3.05, 3.63) is 107 Å². The van der Waals surface area contributed by atoms with Crippen LogP contribution in [0.15, 0.2) is 86.3 Å². The lowest BCUT2D eigenvalue weighted by Gasteiger charge is -2.56. The van der Waals surface area contributed by atoms with E-state index in [0.29, 0.717) is 95.5 Å². The first-order valence-electron chi connectivity index (χ1n) is 48.0. The Bertz CT molecular complexity index is 5160. The average Bonchev–Trinajstić information content (AvgIpc) is 0.760. The molecule has 0 radical (unpaired) electrons. The van der Waals surface area contributed by atoms with Crippen LogP contribution in [0.5, 0.6) is 11.5 Å². The summed E-state index contributed by atoms with van der Waals surface area (Å²) in [6.45, 7) is 10.9. The van der Waals surface area contributed by atoms with Gasteiger partial charge >= 0.3 is 59.4 Å². The van der Waals surface area contributed by atoms with E-state index < -0.39 is 136 Å². The molecule has 0 spiro atoms. The van der Waals surface area contributed by atoms with E-state index in [0.717, 1.165) is 119 Å². The van der Waals surface area contributed by atoms with Gasteiger partial charge < -0.3 is 14.2 Å². The molecule has 4 aromatic carbocycles. The number of nitrogens with zero attached hydrogens (tertiary/aromatic N) is 1. The third kappa shape index (κ3) is 30.4. The van der Waals surface area contributed by atoms with Gasteiger partial charge in [0.25, 0.3) is 20.2 Å². The minimum atomic E-state index is -5.95. The monoisotopic (exact) mass is 2110 g/mol. The number of fused-ring (bicyclic) bond motifs is 1. The van der Waals surface area contributed by atoms with E-state index in [1.807, 2.05) is 0 Å². The van der Waals surface area contributed by atoms with Gasteiger partial charge in [0.2, 0.25) is 0 Å². The zero-order valence-electron chi connectivity index (χ0n) is 78.1. The van der Waals surface area contributed by atoms with Gasteiger partial charge in [0.05, 0.1) is 28.4 Å². The molecule has 0 aromatic heterocycles. The molecule has 3 atom stereocenters. The van der Waals surface area contributed by atoms with Crippen LogP contribution in [-0.4, -0.2) is 140 Å². The molecule has 14 saturated carbocycles. The molecule has 1 aliphatic heterocycles. The Hall–Kier alpha value is -4.86. The lowest BCUT2D eigenvalue weighted by Crippen LogP contribution is -2.60. The molecule has 1 saturated heterocycles. The number of alkyl halides is 8.